The molecule has 1 heterocycles. The molecule has 3 fully saturated rings. The number of amides is 2. The molecule has 5 nitrogen and oxygen atoms in total. The van der Waals surface area contributed by atoms with E-state index >= 15 is 0 Å². The number of para-hydroxylation sites is 1. The molecule has 1 aliphatic heterocycles. The molecular weight excluding hydrogens is 444 g/mol. The number of carbonyl (C=O) groups is 1. The van der Waals surface area contributed by atoms with Crippen LogP contribution in [0.25, 0.3) is 0 Å². The van der Waals surface area contributed by atoms with Gasteiger partial charge in [0.1, 0.15) is 0 Å². The summed E-state index contributed by atoms with van der Waals surface area (Å²) in [5.41, 5.74) is 11.3. The van der Waals surface area contributed by atoms with Crippen LogP contribution in [0.4, 0.5) is 21.9 Å². The van der Waals surface area contributed by atoms with Crippen LogP contribution >= 0.6 is 0 Å². The van der Waals surface area contributed by atoms with E-state index in [1.165, 1.54) is 64.2 Å². The Hall–Kier alpha value is -2.82. The molecule has 190 valence electrons. The average molecular weight is 485 g/mol. The lowest BCUT2D eigenvalue weighted by Crippen LogP contribution is -2.46. The molecule has 2 aromatic carbocycles. The quantitative estimate of drug-likeness (QED) is 0.448. The van der Waals surface area contributed by atoms with Gasteiger partial charge in [0, 0.05) is 17.2 Å². The summed E-state index contributed by atoms with van der Waals surface area (Å²) in [6, 6.07) is 16.2. The van der Waals surface area contributed by atoms with E-state index in [1.54, 1.807) is 0 Å². The van der Waals surface area contributed by atoms with Gasteiger partial charge in [0.15, 0.2) is 0 Å². The molecule has 0 radical (unpaired) electrons. The highest BCUT2D eigenvalue weighted by Gasteiger charge is 2.42. The Bertz CT molecular complexity index is 1100. The van der Waals surface area contributed by atoms with Crippen LogP contribution < -0.4 is 10.6 Å². The summed E-state index contributed by atoms with van der Waals surface area (Å²) >= 11 is 0. The van der Waals surface area contributed by atoms with Crippen LogP contribution in [0.5, 0.6) is 0 Å². The van der Waals surface area contributed by atoms with Crippen molar-refractivity contribution in [1.29, 1.82) is 0 Å². The Balaban J connectivity index is 1.40. The third kappa shape index (κ3) is 4.42. The molecule has 0 unspecified atom stereocenters. The molecule has 6 rings (SSSR count). The first-order valence-electron chi connectivity index (χ1n) is 14.3. The van der Waals surface area contributed by atoms with Crippen molar-refractivity contribution in [2.45, 2.75) is 95.9 Å². The number of nitrogens with zero attached hydrogens (tertiary/aromatic N) is 3. The van der Waals surface area contributed by atoms with Gasteiger partial charge in [0.25, 0.3) is 0 Å². The minimum atomic E-state index is -0.0253. The molecule has 2 aromatic rings. The summed E-state index contributed by atoms with van der Waals surface area (Å²) < 4.78 is 0. The third-order valence-corrected chi connectivity index (χ3v) is 9.44. The topological polar surface area (TPSA) is 61.9 Å². The third-order valence-electron chi connectivity index (χ3n) is 9.44. The van der Waals surface area contributed by atoms with E-state index in [0.717, 1.165) is 48.3 Å². The molecule has 36 heavy (non-hydrogen) atoms. The second-order valence-electron chi connectivity index (χ2n) is 11.7. The van der Waals surface area contributed by atoms with Crippen LogP contribution in [-0.2, 0) is 0 Å². The zero-order valence-electron chi connectivity index (χ0n) is 21.5. The second-order valence-corrected chi connectivity index (χ2v) is 11.7. The van der Waals surface area contributed by atoms with Gasteiger partial charge < -0.3 is 5.73 Å². The highest BCUT2D eigenvalue weighted by atomic mass is 16.2. The summed E-state index contributed by atoms with van der Waals surface area (Å²) in [4.78, 5) is 16.3. The zero-order chi connectivity index (χ0) is 24.5. The van der Waals surface area contributed by atoms with E-state index in [2.05, 4.69) is 18.2 Å². The first-order chi connectivity index (χ1) is 17.6. The summed E-state index contributed by atoms with van der Waals surface area (Å²) in [5.74, 6) is 0.412. The maximum Gasteiger partial charge on any atom is 0.349 e. The lowest BCUT2D eigenvalue weighted by molar-refractivity contribution is 0.0749. The van der Waals surface area contributed by atoms with E-state index in [0.29, 0.717) is 17.0 Å². The standard InChI is InChI=1S/C31H40N4O/c32-24-13-15-25(16-14-24)34-28-12-6-5-11-27(28)29(23-9-3-1-4-10-23)33-35(30(34)36)26-17-21-31(22-18-26)19-7-2-8-20-31/h5-6,11-16,23,26H,1-4,7-10,17-22,32H2. The molecule has 0 aromatic heterocycles. The van der Waals surface area contributed by atoms with Crippen molar-refractivity contribution < 1.29 is 4.79 Å². The van der Waals surface area contributed by atoms with E-state index in [4.69, 9.17) is 10.8 Å². The second kappa shape index (κ2) is 9.91. The number of hydrazone groups is 1. The molecule has 2 amide bonds. The van der Waals surface area contributed by atoms with Crippen molar-refractivity contribution >= 4 is 28.8 Å². The fraction of sp³-hybridized carbons (Fsp3) is 0.548. The number of nitrogen functional groups attached to an aromatic ring is 1. The van der Waals surface area contributed by atoms with Crippen LogP contribution in [0.3, 0.4) is 0 Å². The highest BCUT2D eigenvalue weighted by Crippen LogP contribution is 2.49. The summed E-state index contributed by atoms with van der Waals surface area (Å²) in [6.45, 7) is 0. The fourth-order valence-corrected chi connectivity index (χ4v) is 7.35. The minimum Gasteiger partial charge on any atom is -0.399 e. The van der Waals surface area contributed by atoms with Crippen LogP contribution in [-0.4, -0.2) is 22.8 Å². The van der Waals surface area contributed by atoms with Gasteiger partial charge in [-0.05, 0) is 87.1 Å². The van der Waals surface area contributed by atoms with E-state index in [1.807, 2.05) is 40.2 Å². The van der Waals surface area contributed by atoms with Gasteiger partial charge in [0.2, 0.25) is 0 Å². The number of hydrogen-bond acceptors (Lipinski definition) is 3. The van der Waals surface area contributed by atoms with Gasteiger partial charge in [-0.2, -0.15) is 5.10 Å². The number of nitrogens with two attached hydrogens (primary N) is 1. The Morgan fingerprint density at radius 2 is 1.44 bits per heavy atom. The highest BCUT2D eigenvalue weighted by molar-refractivity contribution is 6.13. The fourth-order valence-electron chi connectivity index (χ4n) is 7.35. The van der Waals surface area contributed by atoms with Crippen LogP contribution in [0.2, 0.25) is 0 Å². The largest absolute Gasteiger partial charge is 0.399 e. The number of rotatable bonds is 3. The molecular formula is C31H40N4O. The molecule has 3 aliphatic carbocycles. The predicted octanol–water partition coefficient (Wildman–Crippen LogP) is 8.02. The first-order valence-corrected chi connectivity index (χ1v) is 14.3. The predicted molar refractivity (Wildman–Crippen MR) is 148 cm³/mol. The number of fused-ring (bicyclic) bond motifs is 1. The van der Waals surface area contributed by atoms with Crippen LogP contribution in [0, 0.1) is 11.3 Å². The molecule has 4 aliphatic rings. The van der Waals surface area contributed by atoms with Gasteiger partial charge in [0.05, 0.1) is 23.1 Å². The molecule has 3 saturated carbocycles. The number of benzene rings is 2. The molecule has 0 atom stereocenters. The van der Waals surface area contributed by atoms with Crippen molar-refractivity contribution in [3.63, 3.8) is 0 Å². The zero-order valence-corrected chi connectivity index (χ0v) is 21.5. The molecule has 0 saturated heterocycles. The Morgan fingerprint density at radius 3 is 2.17 bits per heavy atom. The molecule has 0 bridgehead atoms. The smallest absolute Gasteiger partial charge is 0.349 e. The Morgan fingerprint density at radius 1 is 0.778 bits per heavy atom. The number of urea groups is 1. The van der Waals surface area contributed by atoms with Crippen molar-refractivity contribution in [1.82, 2.24) is 5.01 Å². The maximum atomic E-state index is 14.4. The summed E-state index contributed by atoms with van der Waals surface area (Å²) in [5, 5.41) is 7.20. The lowest BCUT2D eigenvalue weighted by Gasteiger charge is -2.45. The normalized spacial score (nSPS) is 23.3. The minimum absolute atomic E-state index is 0.0253. The number of anilines is 3. The Kier molecular flexibility index (Phi) is 6.49. The van der Waals surface area contributed by atoms with Crippen molar-refractivity contribution in [2.75, 3.05) is 10.6 Å². The SMILES string of the molecule is Nc1ccc(N2C(=O)N(C3CCC4(CCCCC4)CC3)N=C(C3CCCCC3)c3ccccc32)cc1. The van der Waals surface area contributed by atoms with Gasteiger partial charge in [-0.1, -0.05) is 56.7 Å². The van der Waals surface area contributed by atoms with Crippen molar-refractivity contribution in [3.05, 3.63) is 54.1 Å². The average Bonchev–Trinajstić information content (AvgIpc) is 3.05. The maximum absolute atomic E-state index is 14.4. The van der Waals surface area contributed by atoms with E-state index < -0.39 is 0 Å². The van der Waals surface area contributed by atoms with Gasteiger partial charge in [-0.15, -0.1) is 0 Å². The number of hydrogen-bond donors (Lipinski definition) is 1. The summed E-state index contributed by atoms with van der Waals surface area (Å²) in [7, 11) is 0. The lowest BCUT2D eigenvalue weighted by atomic mass is 9.64. The molecule has 2 N–H and O–H groups in total. The first kappa shape index (κ1) is 23.6. The van der Waals surface area contributed by atoms with Gasteiger partial charge in [-0.3, -0.25) is 4.90 Å². The van der Waals surface area contributed by atoms with Crippen molar-refractivity contribution in [3.8, 4) is 0 Å². The summed E-state index contributed by atoms with van der Waals surface area (Å²) in [6.07, 6.45) is 17.5. The van der Waals surface area contributed by atoms with Crippen molar-refractivity contribution in [2.24, 2.45) is 16.4 Å². The molecule has 5 heteroatoms. The van der Waals surface area contributed by atoms with Gasteiger partial charge in [-0.25, -0.2) is 9.80 Å². The monoisotopic (exact) mass is 484 g/mol. The number of carbonyl (C=O) groups excluding carboxylic acids is 1. The van der Waals surface area contributed by atoms with E-state index in [-0.39, 0.29) is 12.1 Å². The Labute approximate surface area is 215 Å². The van der Waals surface area contributed by atoms with Crippen LogP contribution in [0.1, 0.15) is 95.5 Å². The van der Waals surface area contributed by atoms with E-state index in [9.17, 15) is 4.79 Å². The van der Waals surface area contributed by atoms with Gasteiger partial charge >= 0.3 is 6.03 Å². The molecule has 1 spiro atoms. The van der Waals surface area contributed by atoms with Crippen LogP contribution in [0.15, 0.2) is 53.6 Å².